The van der Waals surface area contributed by atoms with E-state index >= 15 is 0 Å². The summed E-state index contributed by atoms with van der Waals surface area (Å²) >= 11 is 0. The normalized spacial score (nSPS) is 13.8. The van der Waals surface area contributed by atoms with Gasteiger partial charge >= 0.3 is 0 Å². The Kier molecular flexibility index (Phi) is 33.4. The number of hydrogen-bond acceptors (Lipinski definition) is 7. The maximum Gasteiger partial charge on any atom is 0.179 e. The van der Waals surface area contributed by atoms with E-state index in [9.17, 15) is 0 Å². The summed E-state index contributed by atoms with van der Waals surface area (Å²) in [6, 6.07) is 0. The molecule has 0 aliphatic rings. The minimum absolute atomic E-state index is 0.254. The van der Waals surface area contributed by atoms with E-state index < -0.39 is 12.6 Å². The van der Waals surface area contributed by atoms with Crippen LogP contribution in [0.25, 0.3) is 0 Å². The molecule has 0 aromatic carbocycles. The molecule has 0 rings (SSSR count). The van der Waals surface area contributed by atoms with Crippen molar-refractivity contribution in [3.63, 3.8) is 0 Å². The first kappa shape index (κ1) is 42.2. The van der Waals surface area contributed by atoms with Gasteiger partial charge in [-0.05, 0) is 37.8 Å². The Balaban J connectivity index is 4.84. The lowest BCUT2D eigenvalue weighted by Crippen LogP contribution is -2.23. The van der Waals surface area contributed by atoms with E-state index in [1.165, 1.54) is 77.0 Å². The molecule has 2 unspecified atom stereocenters. The summed E-state index contributed by atoms with van der Waals surface area (Å²) in [6.45, 7) is 11.8. The van der Waals surface area contributed by atoms with Gasteiger partial charge in [-0.2, -0.15) is 0 Å². The van der Waals surface area contributed by atoms with Crippen LogP contribution in [0.15, 0.2) is 24.3 Å². The third-order valence-electron chi connectivity index (χ3n) is 7.18. The summed E-state index contributed by atoms with van der Waals surface area (Å²) in [5.41, 5.74) is 0. The molecule has 256 valence electrons. The van der Waals surface area contributed by atoms with Crippen LogP contribution < -0.4 is 0 Å². The number of unbranched alkanes of at least 4 members (excludes halogenated alkanes) is 12. The van der Waals surface area contributed by atoms with Crippen LogP contribution in [-0.2, 0) is 33.2 Å². The van der Waals surface area contributed by atoms with E-state index in [2.05, 4.69) is 27.7 Å². The maximum absolute atomic E-state index is 6.07. The summed E-state index contributed by atoms with van der Waals surface area (Å²) in [4.78, 5) is 0. The average molecular weight is 615 g/mol. The van der Waals surface area contributed by atoms with Gasteiger partial charge in [-0.1, -0.05) is 117 Å². The Labute approximate surface area is 266 Å². The molecule has 0 aromatic heterocycles. The van der Waals surface area contributed by atoms with Crippen molar-refractivity contribution in [2.45, 2.75) is 168 Å². The third kappa shape index (κ3) is 28.4. The predicted octanol–water partition coefficient (Wildman–Crippen LogP) is 9.88. The molecule has 43 heavy (non-hydrogen) atoms. The van der Waals surface area contributed by atoms with Crippen molar-refractivity contribution < 1.29 is 33.2 Å². The third-order valence-corrected chi connectivity index (χ3v) is 7.18. The predicted molar refractivity (Wildman–Crippen MR) is 178 cm³/mol. The monoisotopic (exact) mass is 615 g/mol. The number of hydrogen-bond donors (Lipinski definition) is 0. The molecule has 2 atom stereocenters. The number of methoxy groups -OCH3 is 2. The molecule has 0 aliphatic carbocycles. The van der Waals surface area contributed by atoms with Crippen LogP contribution in [0.5, 0.6) is 0 Å². The molecule has 0 radical (unpaired) electrons. The van der Waals surface area contributed by atoms with Crippen molar-refractivity contribution in [1.82, 2.24) is 0 Å². The van der Waals surface area contributed by atoms with Gasteiger partial charge in [-0.15, -0.1) is 0 Å². The molecule has 0 saturated heterocycles. The Morgan fingerprint density at radius 2 is 0.721 bits per heavy atom. The molecule has 0 heterocycles. The molecule has 0 saturated carbocycles. The fourth-order valence-corrected chi connectivity index (χ4v) is 4.44. The maximum atomic E-state index is 6.07. The Bertz CT molecular complexity index is 520. The molecule has 0 spiro atoms. The molecule has 0 fully saturated rings. The molecular weight excluding hydrogens is 544 g/mol. The van der Waals surface area contributed by atoms with Gasteiger partial charge in [0.1, 0.15) is 0 Å². The second kappa shape index (κ2) is 34.1. The van der Waals surface area contributed by atoms with Gasteiger partial charge in [-0.25, -0.2) is 0 Å². The van der Waals surface area contributed by atoms with Gasteiger partial charge in [0, 0.05) is 53.5 Å². The molecule has 0 bridgehead atoms. The second-order valence-electron chi connectivity index (χ2n) is 11.3. The fraction of sp³-hybridized carbons (Fsp3) is 0.889. The summed E-state index contributed by atoms with van der Waals surface area (Å²) in [6.07, 6.45) is 26.4. The van der Waals surface area contributed by atoms with Crippen molar-refractivity contribution in [2.75, 3.05) is 40.6 Å². The number of rotatable bonds is 34. The van der Waals surface area contributed by atoms with Gasteiger partial charge in [0.2, 0.25) is 0 Å². The SMILES string of the molecule is CCCCCCOC(CC=CC(OC)OC(C=CCC(OCCCCCC)OCCCCCC)OC)OCCCCCC. The lowest BCUT2D eigenvalue weighted by Gasteiger charge is -2.20. The molecule has 7 heteroatoms. The largest absolute Gasteiger partial charge is 0.352 e. The van der Waals surface area contributed by atoms with Crippen molar-refractivity contribution in [1.29, 1.82) is 0 Å². The summed E-state index contributed by atoms with van der Waals surface area (Å²) in [7, 11) is 3.26. The zero-order chi connectivity index (χ0) is 31.6. The summed E-state index contributed by atoms with van der Waals surface area (Å²) in [5.74, 6) is 0. The Hall–Kier alpha value is -0.800. The van der Waals surface area contributed by atoms with Gasteiger partial charge in [-0.3, -0.25) is 0 Å². The number of ether oxygens (including phenoxy) is 7. The van der Waals surface area contributed by atoms with E-state index in [0.29, 0.717) is 12.8 Å². The standard InChI is InChI=1S/C36H70O7/c1-7-11-15-19-29-39-35(40-30-20-16-12-8-2)27-23-25-33(37-5)43-34(38-6)26-24-28-36(41-31-21-17-13-9-3)42-32-22-18-14-10-4/h23-26,33-36H,7-22,27-32H2,1-6H3. The van der Waals surface area contributed by atoms with Crippen molar-refractivity contribution in [3.05, 3.63) is 24.3 Å². The minimum atomic E-state index is -0.551. The molecular formula is C36H70O7. The molecule has 0 aromatic rings. The average Bonchev–Trinajstić information content (AvgIpc) is 3.02. The highest BCUT2D eigenvalue weighted by molar-refractivity contribution is 4.90. The van der Waals surface area contributed by atoms with Gasteiger partial charge in [0.15, 0.2) is 25.2 Å². The van der Waals surface area contributed by atoms with E-state index in [0.717, 1.165) is 52.1 Å². The van der Waals surface area contributed by atoms with Crippen molar-refractivity contribution in [3.8, 4) is 0 Å². The first-order valence-corrected chi connectivity index (χ1v) is 17.7. The summed E-state index contributed by atoms with van der Waals surface area (Å²) < 4.78 is 41.4. The van der Waals surface area contributed by atoms with Crippen LogP contribution in [-0.4, -0.2) is 65.8 Å². The first-order chi connectivity index (χ1) is 21.1. The van der Waals surface area contributed by atoms with Crippen molar-refractivity contribution >= 4 is 0 Å². The molecule has 7 nitrogen and oxygen atoms in total. The van der Waals surface area contributed by atoms with E-state index in [1.807, 2.05) is 24.3 Å². The molecule has 0 aliphatic heterocycles. The zero-order valence-electron chi connectivity index (χ0n) is 29.0. The van der Waals surface area contributed by atoms with Gasteiger partial charge in [0.25, 0.3) is 0 Å². The van der Waals surface area contributed by atoms with E-state index in [-0.39, 0.29) is 12.6 Å². The first-order valence-electron chi connectivity index (χ1n) is 17.7. The topological polar surface area (TPSA) is 64.6 Å². The van der Waals surface area contributed by atoms with Crippen LogP contribution in [0, 0.1) is 0 Å². The van der Waals surface area contributed by atoms with Crippen LogP contribution in [0.3, 0.4) is 0 Å². The minimum Gasteiger partial charge on any atom is -0.352 e. The quantitative estimate of drug-likeness (QED) is 0.0406. The summed E-state index contributed by atoms with van der Waals surface area (Å²) in [5, 5.41) is 0. The Morgan fingerprint density at radius 1 is 0.419 bits per heavy atom. The highest BCUT2D eigenvalue weighted by Gasteiger charge is 2.13. The molecule has 0 amide bonds. The molecule has 0 N–H and O–H groups in total. The van der Waals surface area contributed by atoms with E-state index in [4.69, 9.17) is 33.2 Å². The highest BCUT2D eigenvalue weighted by Crippen LogP contribution is 2.12. The highest BCUT2D eigenvalue weighted by atomic mass is 16.8. The van der Waals surface area contributed by atoms with Crippen molar-refractivity contribution in [2.24, 2.45) is 0 Å². The fourth-order valence-electron chi connectivity index (χ4n) is 4.44. The van der Waals surface area contributed by atoms with Crippen LogP contribution in [0.2, 0.25) is 0 Å². The Morgan fingerprint density at radius 3 is 0.977 bits per heavy atom. The van der Waals surface area contributed by atoms with Crippen LogP contribution in [0.4, 0.5) is 0 Å². The second-order valence-corrected chi connectivity index (χ2v) is 11.3. The van der Waals surface area contributed by atoms with Gasteiger partial charge in [0.05, 0.1) is 0 Å². The van der Waals surface area contributed by atoms with Crippen LogP contribution in [0.1, 0.15) is 143 Å². The van der Waals surface area contributed by atoms with Crippen LogP contribution >= 0.6 is 0 Å². The smallest absolute Gasteiger partial charge is 0.179 e. The lowest BCUT2D eigenvalue weighted by atomic mass is 10.2. The van der Waals surface area contributed by atoms with Gasteiger partial charge < -0.3 is 33.2 Å². The lowest BCUT2D eigenvalue weighted by molar-refractivity contribution is -0.189. The van der Waals surface area contributed by atoms with E-state index in [1.54, 1.807) is 14.2 Å². The zero-order valence-corrected chi connectivity index (χ0v) is 29.0.